The molecule has 0 fully saturated rings. The fourth-order valence-electron chi connectivity index (χ4n) is 1.57. The number of hydrogen-bond donors (Lipinski definition) is 2. The Labute approximate surface area is 125 Å². The summed E-state index contributed by atoms with van der Waals surface area (Å²) in [4.78, 5) is 26.0. The Kier molecular flexibility index (Phi) is 7.20. The van der Waals surface area contributed by atoms with Gasteiger partial charge in [-0.1, -0.05) is 6.92 Å². The lowest BCUT2D eigenvalue weighted by Gasteiger charge is -2.17. The Morgan fingerprint density at radius 2 is 2.00 bits per heavy atom. The number of anilines is 2. The molecule has 8 nitrogen and oxygen atoms in total. The van der Waals surface area contributed by atoms with Gasteiger partial charge in [0.1, 0.15) is 0 Å². The first-order chi connectivity index (χ1) is 10.1. The number of nitrogens with one attached hydrogen (secondary N) is 2. The highest BCUT2D eigenvalue weighted by atomic mass is 16.5. The van der Waals surface area contributed by atoms with Crippen molar-refractivity contribution in [3.05, 3.63) is 0 Å². The van der Waals surface area contributed by atoms with Crippen molar-refractivity contribution in [1.82, 2.24) is 20.3 Å². The van der Waals surface area contributed by atoms with Gasteiger partial charge < -0.3 is 20.3 Å². The highest BCUT2D eigenvalue weighted by molar-refractivity contribution is 5.80. The number of carbonyl (C=O) groups excluding carboxylic acids is 1. The number of rotatable bonds is 9. The van der Waals surface area contributed by atoms with Crippen molar-refractivity contribution < 1.29 is 9.53 Å². The molecule has 0 aliphatic rings. The quantitative estimate of drug-likeness (QED) is 0.691. The largest absolute Gasteiger partial charge is 0.464 e. The molecule has 1 aromatic rings. The van der Waals surface area contributed by atoms with Crippen molar-refractivity contribution >= 4 is 17.8 Å². The molecule has 21 heavy (non-hydrogen) atoms. The number of ether oxygens (including phenoxy) is 1. The average molecular weight is 296 g/mol. The summed E-state index contributed by atoms with van der Waals surface area (Å²) in [7, 11) is 1.75. The summed E-state index contributed by atoms with van der Waals surface area (Å²) in [5, 5.41) is 5.83. The molecule has 1 amide bonds. The molecule has 0 radical (unpaired) electrons. The highest BCUT2D eigenvalue weighted by Gasteiger charge is 2.13. The van der Waals surface area contributed by atoms with Gasteiger partial charge in [-0.25, -0.2) is 0 Å². The second-order valence-corrected chi connectivity index (χ2v) is 4.41. The summed E-state index contributed by atoms with van der Waals surface area (Å²) >= 11 is 0. The van der Waals surface area contributed by atoms with Gasteiger partial charge in [-0.05, 0) is 20.3 Å². The first kappa shape index (κ1) is 16.9. The van der Waals surface area contributed by atoms with Gasteiger partial charge in [0.15, 0.2) is 0 Å². The van der Waals surface area contributed by atoms with E-state index in [9.17, 15) is 4.79 Å². The number of aromatic nitrogens is 3. The minimum absolute atomic E-state index is 0.0820. The van der Waals surface area contributed by atoms with E-state index in [-0.39, 0.29) is 18.5 Å². The van der Waals surface area contributed by atoms with Crippen molar-refractivity contribution in [3.63, 3.8) is 0 Å². The Balaban J connectivity index is 2.87. The molecule has 0 aromatic carbocycles. The summed E-state index contributed by atoms with van der Waals surface area (Å²) in [6, 6.07) is 0.254. The Hall–Kier alpha value is -2.12. The first-order valence-electron chi connectivity index (χ1n) is 7.21. The monoisotopic (exact) mass is 296 g/mol. The van der Waals surface area contributed by atoms with Crippen LogP contribution in [0.5, 0.6) is 6.01 Å². The van der Waals surface area contributed by atoms with E-state index in [2.05, 4.69) is 32.5 Å². The van der Waals surface area contributed by atoms with E-state index in [1.807, 2.05) is 13.8 Å². The van der Waals surface area contributed by atoms with Crippen LogP contribution in [0.1, 0.15) is 27.2 Å². The minimum Gasteiger partial charge on any atom is -0.464 e. The fraction of sp³-hybridized carbons (Fsp3) is 0.692. The molecule has 0 saturated carbocycles. The minimum atomic E-state index is -0.0820. The summed E-state index contributed by atoms with van der Waals surface area (Å²) in [6.07, 6.45) is 0.958. The van der Waals surface area contributed by atoms with Crippen LogP contribution < -0.4 is 20.3 Å². The van der Waals surface area contributed by atoms with Gasteiger partial charge in [0.25, 0.3) is 0 Å². The van der Waals surface area contributed by atoms with Crippen molar-refractivity contribution in [1.29, 1.82) is 0 Å². The molecular formula is C13H24N6O2. The van der Waals surface area contributed by atoms with Gasteiger partial charge in [0.2, 0.25) is 17.8 Å². The average Bonchev–Trinajstić information content (AvgIpc) is 2.45. The van der Waals surface area contributed by atoms with E-state index in [1.165, 1.54) is 0 Å². The Bertz CT molecular complexity index is 454. The van der Waals surface area contributed by atoms with E-state index in [0.717, 1.165) is 13.0 Å². The van der Waals surface area contributed by atoms with Crippen LogP contribution in [-0.4, -0.2) is 54.1 Å². The summed E-state index contributed by atoms with van der Waals surface area (Å²) in [6.45, 7) is 7.79. The molecule has 1 rings (SSSR count). The molecule has 0 aliphatic carbocycles. The van der Waals surface area contributed by atoms with Gasteiger partial charge in [0.05, 0.1) is 13.2 Å². The predicted octanol–water partition coefficient (Wildman–Crippen LogP) is 0.664. The standard InChI is InChI=1S/C13H24N6O2/c1-5-8-15-11-16-12(18-13(17-11)21-7-3)19(4)9-10(20)14-6-2/h5-9H2,1-4H3,(H,14,20)(H,15,16,17,18). The lowest BCUT2D eigenvalue weighted by atomic mass is 10.5. The Morgan fingerprint density at radius 1 is 1.24 bits per heavy atom. The number of likely N-dealkylation sites (N-methyl/N-ethyl adjacent to an activating group) is 2. The third-order valence-corrected chi connectivity index (χ3v) is 2.51. The van der Waals surface area contributed by atoms with Crippen LogP contribution in [0.25, 0.3) is 0 Å². The second kappa shape index (κ2) is 8.93. The van der Waals surface area contributed by atoms with Crippen LogP contribution in [0.3, 0.4) is 0 Å². The van der Waals surface area contributed by atoms with Gasteiger partial charge >= 0.3 is 6.01 Å². The zero-order chi connectivity index (χ0) is 15.7. The van der Waals surface area contributed by atoms with Crippen LogP contribution in [0.4, 0.5) is 11.9 Å². The topological polar surface area (TPSA) is 92.3 Å². The van der Waals surface area contributed by atoms with E-state index in [1.54, 1.807) is 11.9 Å². The van der Waals surface area contributed by atoms with Gasteiger partial charge in [0, 0.05) is 20.1 Å². The highest BCUT2D eigenvalue weighted by Crippen LogP contribution is 2.14. The summed E-state index contributed by atoms with van der Waals surface area (Å²) < 4.78 is 5.34. The molecule has 0 aliphatic heterocycles. The molecule has 0 bridgehead atoms. The molecular weight excluding hydrogens is 272 g/mol. The van der Waals surface area contributed by atoms with Gasteiger partial charge in [-0.2, -0.15) is 15.0 Å². The molecule has 1 heterocycles. The molecule has 0 saturated heterocycles. The van der Waals surface area contributed by atoms with Gasteiger partial charge in [-0.3, -0.25) is 4.79 Å². The molecule has 8 heteroatoms. The van der Waals surface area contributed by atoms with Crippen LogP contribution in [0.2, 0.25) is 0 Å². The molecule has 2 N–H and O–H groups in total. The van der Waals surface area contributed by atoms with Crippen LogP contribution >= 0.6 is 0 Å². The van der Waals surface area contributed by atoms with E-state index < -0.39 is 0 Å². The molecule has 118 valence electrons. The molecule has 0 unspecified atom stereocenters. The lowest BCUT2D eigenvalue weighted by molar-refractivity contribution is -0.119. The van der Waals surface area contributed by atoms with Crippen molar-refractivity contribution in [2.24, 2.45) is 0 Å². The van der Waals surface area contributed by atoms with E-state index in [4.69, 9.17) is 4.74 Å². The summed E-state index contributed by atoms with van der Waals surface area (Å²) in [5.41, 5.74) is 0. The maximum absolute atomic E-state index is 11.6. The summed E-state index contributed by atoms with van der Waals surface area (Å²) in [5.74, 6) is 0.771. The van der Waals surface area contributed by atoms with Crippen LogP contribution in [-0.2, 0) is 4.79 Å². The second-order valence-electron chi connectivity index (χ2n) is 4.41. The third-order valence-electron chi connectivity index (χ3n) is 2.51. The van der Waals surface area contributed by atoms with E-state index in [0.29, 0.717) is 25.0 Å². The van der Waals surface area contributed by atoms with Crippen LogP contribution in [0.15, 0.2) is 0 Å². The lowest BCUT2D eigenvalue weighted by Crippen LogP contribution is -2.35. The smallest absolute Gasteiger partial charge is 0.323 e. The zero-order valence-electron chi connectivity index (χ0n) is 13.1. The maximum Gasteiger partial charge on any atom is 0.323 e. The number of nitrogens with zero attached hydrogens (tertiary/aromatic N) is 4. The number of carbonyl (C=O) groups is 1. The van der Waals surface area contributed by atoms with Crippen molar-refractivity contribution in [2.45, 2.75) is 27.2 Å². The fourth-order valence-corrected chi connectivity index (χ4v) is 1.57. The third kappa shape index (κ3) is 5.80. The van der Waals surface area contributed by atoms with Gasteiger partial charge in [-0.15, -0.1) is 0 Å². The number of amides is 1. The van der Waals surface area contributed by atoms with Crippen molar-refractivity contribution in [3.8, 4) is 6.01 Å². The SMILES string of the molecule is CCCNc1nc(OCC)nc(N(C)CC(=O)NCC)n1. The predicted molar refractivity (Wildman–Crippen MR) is 81.7 cm³/mol. The Morgan fingerprint density at radius 3 is 2.62 bits per heavy atom. The van der Waals surface area contributed by atoms with Crippen molar-refractivity contribution in [2.75, 3.05) is 43.5 Å². The maximum atomic E-state index is 11.6. The van der Waals surface area contributed by atoms with E-state index >= 15 is 0 Å². The molecule has 1 aromatic heterocycles. The first-order valence-corrected chi connectivity index (χ1v) is 7.21. The number of hydrogen-bond acceptors (Lipinski definition) is 7. The van der Waals surface area contributed by atoms with Crippen LogP contribution in [0, 0.1) is 0 Å². The molecule has 0 atom stereocenters. The molecule has 0 spiro atoms. The zero-order valence-corrected chi connectivity index (χ0v) is 13.1. The normalized spacial score (nSPS) is 10.1.